The molecule has 0 aliphatic carbocycles. The van der Waals surface area contributed by atoms with Crippen molar-refractivity contribution in [1.82, 2.24) is 4.98 Å². The number of rotatable bonds is 5. The number of nitriles is 1. The van der Waals surface area contributed by atoms with Crippen molar-refractivity contribution >= 4 is 23.4 Å². The summed E-state index contributed by atoms with van der Waals surface area (Å²) >= 11 is 0.817. The number of nitrogens with one attached hydrogen (secondary N) is 1. The van der Waals surface area contributed by atoms with Crippen LogP contribution < -0.4 is 5.32 Å². The Hall–Kier alpha value is -2.53. The summed E-state index contributed by atoms with van der Waals surface area (Å²) in [5.41, 5.74) is 1.12. The monoisotopic (exact) mass is 393 g/mol. The molecular weight excluding hydrogens is 375 g/mol. The minimum absolute atomic E-state index is 0.0968. The zero-order chi connectivity index (χ0) is 20.2. The molecule has 1 aromatic heterocycles. The Bertz CT molecular complexity index is 904. The maximum Gasteiger partial charge on any atom is 0.417 e. The lowest BCUT2D eigenvalue weighted by atomic mass is 10.1. The first-order valence-corrected chi connectivity index (χ1v) is 9.16. The molecule has 0 unspecified atom stereocenters. The van der Waals surface area contributed by atoms with Gasteiger partial charge in [-0.25, -0.2) is 4.98 Å². The molecule has 27 heavy (non-hydrogen) atoms. The number of hydrogen-bond donors (Lipinski definition) is 1. The van der Waals surface area contributed by atoms with E-state index in [1.165, 1.54) is 6.92 Å². The number of benzene rings is 1. The number of aromatic nitrogens is 1. The van der Waals surface area contributed by atoms with Crippen molar-refractivity contribution < 1.29 is 18.0 Å². The van der Waals surface area contributed by atoms with Crippen molar-refractivity contribution in [2.75, 3.05) is 11.1 Å². The molecule has 2 aromatic rings. The first-order valence-electron chi connectivity index (χ1n) is 8.17. The van der Waals surface area contributed by atoms with Crippen LogP contribution in [-0.2, 0) is 17.4 Å². The Kier molecular flexibility index (Phi) is 6.50. The van der Waals surface area contributed by atoms with Crippen molar-refractivity contribution in [2.24, 2.45) is 0 Å². The number of aryl methyl sites for hydroxylation is 3. The van der Waals surface area contributed by atoms with Crippen LogP contribution in [0.25, 0.3) is 0 Å². The second-order valence-electron chi connectivity index (χ2n) is 5.90. The molecule has 1 amide bonds. The minimum Gasteiger partial charge on any atom is -0.325 e. The van der Waals surface area contributed by atoms with E-state index in [2.05, 4.69) is 10.3 Å². The Labute approximate surface area is 159 Å². The number of amides is 1. The Morgan fingerprint density at radius 1 is 1.33 bits per heavy atom. The van der Waals surface area contributed by atoms with Crippen LogP contribution in [0, 0.1) is 25.2 Å². The molecule has 0 aliphatic heterocycles. The Morgan fingerprint density at radius 3 is 2.63 bits per heavy atom. The number of para-hydroxylation sites is 1. The molecule has 0 saturated heterocycles. The molecule has 0 radical (unpaired) electrons. The van der Waals surface area contributed by atoms with Crippen LogP contribution in [0.15, 0.2) is 29.3 Å². The van der Waals surface area contributed by atoms with E-state index in [0.29, 0.717) is 5.69 Å². The van der Waals surface area contributed by atoms with Crippen LogP contribution in [0.3, 0.4) is 0 Å². The summed E-state index contributed by atoms with van der Waals surface area (Å²) in [6, 6.07) is 8.07. The van der Waals surface area contributed by atoms with Gasteiger partial charge < -0.3 is 5.32 Å². The lowest BCUT2D eigenvalue weighted by Gasteiger charge is -2.14. The van der Waals surface area contributed by atoms with Gasteiger partial charge in [0.15, 0.2) is 0 Å². The Morgan fingerprint density at radius 2 is 2.04 bits per heavy atom. The standard InChI is InChI=1S/C19H18F3N3OS/c1-4-13-7-5-6-11(2)17(13)25-16(26)10-27-18-14(9-23)15(19(20,21)22)8-12(3)24-18/h5-8H,4,10H2,1-3H3,(H,25,26). The molecule has 1 aromatic carbocycles. The van der Waals surface area contributed by atoms with E-state index in [9.17, 15) is 18.0 Å². The van der Waals surface area contributed by atoms with Crippen LogP contribution in [0.5, 0.6) is 0 Å². The van der Waals surface area contributed by atoms with Crippen LogP contribution in [0.2, 0.25) is 0 Å². The average Bonchev–Trinajstić information content (AvgIpc) is 2.60. The summed E-state index contributed by atoms with van der Waals surface area (Å²) in [7, 11) is 0. The van der Waals surface area contributed by atoms with Gasteiger partial charge in [0, 0.05) is 11.4 Å². The molecule has 0 spiro atoms. The smallest absolute Gasteiger partial charge is 0.325 e. The Balaban J connectivity index is 2.21. The molecule has 4 nitrogen and oxygen atoms in total. The minimum atomic E-state index is -4.66. The van der Waals surface area contributed by atoms with Crippen molar-refractivity contribution in [3.8, 4) is 6.07 Å². The number of pyridine rings is 1. The quantitative estimate of drug-likeness (QED) is 0.735. The zero-order valence-corrected chi connectivity index (χ0v) is 15.9. The van der Waals surface area contributed by atoms with E-state index in [-0.39, 0.29) is 22.4 Å². The predicted octanol–water partition coefficient (Wildman–Crippen LogP) is 4.88. The fourth-order valence-corrected chi connectivity index (χ4v) is 3.44. The molecule has 1 heterocycles. The summed E-state index contributed by atoms with van der Waals surface area (Å²) in [6.45, 7) is 5.25. The number of carbonyl (C=O) groups excluding carboxylic acids is 1. The number of nitrogens with zero attached hydrogens (tertiary/aromatic N) is 2. The summed E-state index contributed by atoms with van der Waals surface area (Å²) in [5, 5.41) is 11.9. The SMILES string of the molecule is CCc1cccc(C)c1NC(=O)CSc1nc(C)cc(C(F)(F)F)c1C#N. The predicted molar refractivity (Wildman–Crippen MR) is 98.6 cm³/mol. The van der Waals surface area contributed by atoms with Crippen LogP contribution >= 0.6 is 11.8 Å². The van der Waals surface area contributed by atoms with Gasteiger partial charge in [0.2, 0.25) is 5.91 Å². The van der Waals surface area contributed by atoms with Gasteiger partial charge in [-0.15, -0.1) is 0 Å². The van der Waals surface area contributed by atoms with Crippen LogP contribution in [0.1, 0.15) is 34.9 Å². The second-order valence-corrected chi connectivity index (χ2v) is 6.86. The third kappa shape index (κ3) is 5.01. The van der Waals surface area contributed by atoms with Crippen LogP contribution in [0.4, 0.5) is 18.9 Å². The largest absolute Gasteiger partial charge is 0.417 e. The molecule has 142 valence electrons. The average molecular weight is 393 g/mol. The fraction of sp³-hybridized carbons (Fsp3) is 0.316. The number of anilines is 1. The molecule has 0 aliphatic rings. The maximum absolute atomic E-state index is 13.1. The van der Waals surface area contributed by atoms with E-state index in [0.717, 1.165) is 35.4 Å². The topological polar surface area (TPSA) is 65.8 Å². The van der Waals surface area contributed by atoms with Gasteiger partial charge in [-0.05, 0) is 37.5 Å². The third-order valence-corrected chi connectivity index (χ3v) is 4.85. The van der Waals surface area contributed by atoms with Gasteiger partial charge in [0.05, 0.1) is 16.9 Å². The van der Waals surface area contributed by atoms with E-state index in [1.54, 1.807) is 6.07 Å². The lowest BCUT2D eigenvalue weighted by molar-refractivity contribution is -0.138. The summed E-state index contributed by atoms with van der Waals surface area (Å²) < 4.78 is 39.4. The second kappa shape index (κ2) is 8.44. The number of thioether (sulfide) groups is 1. The van der Waals surface area contributed by atoms with Gasteiger partial charge in [0.1, 0.15) is 11.1 Å². The zero-order valence-electron chi connectivity index (χ0n) is 15.1. The number of halogens is 3. The molecule has 2 rings (SSSR count). The molecule has 0 bridgehead atoms. The highest BCUT2D eigenvalue weighted by molar-refractivity contribution is 8.00. The maximum atomic E-state index is 13.1. The first-order chi connectivity index (χ1) is 12.7. The van der Waals surface area contributed by atoms with Crippen molar-refractivity contribution in [3.05, 3.63) is 52.2 Å². The highest BCUT2D eigenvalue weighted by atomic mass is 32.2. The van der Waals surface area contributed by atoms with Crippen molar-refractivity contribution in [1.29, 1.82) is 5.26 Å². The number of alkyl halides is 3. The van der Waals surface area contributed by atoms with Crippen molar-refractivity contribution in [3.63, 3.8) is 0 Å². The highest BCUT2D eigenvalue weighted by Crippen LogP contribution is 2.35. The summed E-state index contributed by atoms with van der Waals surface area (Å²) in [5.74, 6) is -0.523. The molecule has 0 atom stereocenters. The van der Waals surface area contributed by atoms with Gasteiger partial charge in [-0.3, -0.25) is 4.79 Å². The molecule has 8 heteroatoms. The molecular formula is C19H18F3N3OS. The number of hydrogen-bond acceptors (Lipinski definition) is 4. The lowest BCUT2D eigenvalue weighted by Crippen LogP contribution is -2.17. The fourth-order valence-electron chi connectivity index (χ4n) is 2.59. The van der Waals surface area contributed by atoms with Crippen molar-refractivity contribution in [2.45, 2.75) is 38.4 Å². The highest BCUT2D eigenvalue weighted by Gasteiger charge is 2.35. The van der Waals surface area contributed by atoms with E-state index in [1.807, 2.05) is 32.0 Å². The molecule has 0 saturated carbocycles. The van der Waals surface area contributed by atoms with E-state index in [4.69, 9.17) is 5.26 Å². The van der Waals surface area contributed by atoms with Gasteiger partial charge in [-0.2, -0.15) is 18.4 Å². The molecule has 0 fully saturated rings. The van der Waals surface area contributed by atoms with E-state index >= 15 is 0 Å². The van der Waals surface area contributed by atoms with Crippen LogP contribution in [-0.4, -0.2) is 16.6 Å². The normalized spacial score (nSPS) is 11.1. The molecule has 1 N–H and O–H groups in total. The van der Waals surface area contributed by atoms with Gasteiger partial charge in [0.25, 0.3) is 0 Å². The third-order valence-electron chi connectivity index (χ3n) is 3.88. The first kappa shape index (κ1) is 20.8. The number of carbonyl (C=O) groups is 1. The van der Waals surface area contributed by atoms with Gasteiger partial charge in [-0.1, -0.05) is 36.9 Å². The summed E-state index contributed by atoms with van der Waals surface area (Å²) in [6.07, 6.45) is -3.93. The summed E-state index contributed by atoms with van der Waals surface area (Å²) in [4.78, 5) is 16.3. The van der Waals surface area contributed by atoms with E-state index < -0.39 is 17.3 Å². The van der Waals surface area contributed by atoms with Gasteiger partial charge >= 0.3 is 6.18 Å².